The molecular weight excluding hydrogens is 276 g/mol. The van der Waals surface area contributed by atoms with Crippen LogP contribution in [-0.4, -0.2) is 35.0 Å². The van der Waals surface area contributed by atoms with Gasteiger partial charge in [0.1, 0.15) is 17.9 Å². The molecule has 0 bridgehead atoms. The van der Waals surface area contributed by atoms with Crippen molar-refractivity contribution in [3.8, 4) is 0 Å². The van der Waals surface area contributed by atoms with Gasteiger partial charge in [-0.25, -0.2) is 4.79 Å². The summed E-state index contributed by atoms with van der Waals surface area (Å²) in [6, 6.07) is 2.57. The Hall–Kier alpha value is -2.31. The number of carbonyl (C=O) groups is 3. The summed E-state index contributed by atoms with van der Waals surface area (Å²) in [5, 5.41) is 2.54. The Balaban J connectivity index is 2.14. The van der Waals surface area contributed by atoms with E-state index >= 15 is 0 Å². The van der Waals surface area contributed by atoms with E-state index in [1.54, 1.807) is 32.9 Å². The zero-order valence-electron chi connectivity index (χ0n) is 12.4. The highest BCUT2D eigenvalue weighted by molar-refractivity contribution is 6.08. The zero-order valence-corrected chi connectivity index (χ0v) is 12.4. The molecule has 3 amide bonds. The molecule has 0 aliphatic carbocycles. The summed E-state index contributed by atoms with van der Waals surface area (Å²) in [6.45, 7) is 6.23. The molecule has 1 fully saturated rings. The van der Waals surface area contributed by atoms with Gasteiger partial charge < -0.3 is 14.5 Å². The quantitative estimate of drug-likeness (QED) is 0.672. The van der Waals surface area contributed by atoms with E-state index in [1.807, 2.05) is 0 Å². The maximum atomic E-state index is 12.4. The van der Waals surface area contributed by atoms with E-state index in [9.17, 15) is 14.4 Å². The topological polar surface area (TPSA) is 88.8 Å². The number of carbonyl (C=O) groups excluding carboxylic acids is 3. The fourth-order valence-corrected chi connectivity index (χ4v) is 2.07. The molecule has 114 valence electrons. The summed E-state index contributed by atoms with van der Waals surface area (Å²) in [7, 11) is 0. The van der Waals surface area contributed by atoms with Crippen molar-refractivity contribution in [3.05, 3.63) is 24.2 Å². The molecule has 7 heteroatoms. The van der Waals surface area contributed by atoms with Crippen LogP contribution in [0.25, 0.3) is 0 Å². The van der Waals surface area contributed by atoms with Crippen LogP contribution in [-0.2, 0) is 19.9 Å². The van der Waals surface area contributed by atoms with Gasteiger partial charge in [0.25, 0.3) is 5.91 Å². The molecule has 1 atom stereocenters. The van der Waals surface area contributed by atoms with Crippen molar-refractivity contribution in [2.75, 3.05) is 6.54 Å². The third-order valence-corrected chi connectivity index (χ3v) is 3.00. The van der Waals surface area contributed by atoms with Gasteiger partial charge in [-0.15, -0.1) is 0 Å². The van der Waals surface area contributed by atoms with Crippen LogP contribution >= 0.6 is 0 Å². The predicted octanol–water partition coefficient (Wildman–Crippen LogP) is 1.39. The number of nitrogens with zero attached hydrogens (tertiary/aromatic N) is 1. The van der Waals surface area contributed by atoms with Crippen LogP contribution in [0.15, 0.2) is 22.8 Å². The minimum Gasteiger partial charge on any atom is -0.466 e. The van der Waals surface area contributed by atoms with Crippen molar-refractivity contribution in [1.82, 2.24) is 10.2 Å². The zero-order chi connectivity index (χ0) is 15.8. The minimum absolute atomic E-state index is 0.313. The second-order valence-electron chi connectivity index (χ2n) is 6.01. The Morgan fingerprint density at radius 2 is 2.10 bits per heavy atom. The average Bonchev–Trinajstić information content (AvgIpc) is 2.92. The summed E-state index contributed by atoms with van der Waals surface area (Å²) in [6.07, 6.45) is 1.41. The Kier molecular flexibility index (Phi) is 3.52. The number of hydrogen-bond donors (Lipinski definition) is 1. The Morgan fingerprint density at radius 1 is 1.43 bits per heavy atom. The van der Waals surface area contributed by atoms with Crippen LogP contribution in [0.1, 0.15) is 33.5 Å². The largest absolute Gasteiger partial charge is 0.466 e. The molecule has 2 heterocycles. The highest BCUT2D eigenvalue weighted by Gasteiger charge is 2.51. The molecular formula is C14H18N2O5. The van der Waals surface area contributed by atoms with E-state index in [2.05, 4.69) is 5.32 Å². The smallest absolute Gasteiger partial charge is 0.326 e. The summed E-state index contributed by atoms with van der Waals surface area (Å²) < 4.78 is 10.3. The molecule has 7 nitrogen and oxygen atoms in total. The van der Waals surface area contributed by atoms with Gasteiger partial charge in [0.05, 0.1) is 6.26 Å². The SMILES string of the molecule is CC(C)(C)OC(=O)CN1C(=O)NC(C)(c2ccco2)C1=O. The van der Waals surface area contributed by atoms with Crippen LogP contribution in [0.2, 0.25) is 0 Å². The molecule has 1 aliphatic rings. The lowest BCUT2D eigenvalue weighted by molar-refractivity contribution is -0.157. The molecule has 0 saturated carbocycles. The Morgan fingerprint density at radius 3 is 2.62 bits per heavy atom. The number of hydrogen-bond acceptors (Lipinski definition) is 5. The van der Waals surface area contributed by atoms with Crippen LogP contribution in [0, 0.1) is 0 Å². The third-order valence-electron chi connectivity index (χ3n) is 3.00. The van der Waals surface area contributed by atoms with E-state index in [1.165, 1.54) is 13.2 Å². The van der Waals surface area contributed by atoms with Crippen molar-refractivity contribution in [2.24, 2.45) is 0 Å². The summed E-state index contributed by atoms with van der Waals surface area (Å²) >= 11 is 0. The normalized spacial score (nSPS) is 22.4. The fraction of sp³-hybridized carbons (Fsp3) is 0.500. The maximum absolute atomic E-state index is 12.4. The lowest BCUT2D eigenvalue weighted by Gasteiger charge is -2.22. The van der Waals surface area contributed by atoms with E-state index in [0.717, 1.165) is 4.90 Å². The molecule has 0 aromatic carbocycles. The Labute approximate surface area is 122 Å². The lowest BCUT2D eigenvalue weighted by atomic mass is 9.99. The van der Waals surface area contributed by atoms with E-state index in [-0.39, 0.29) is 0 Å². The van der Waals surface area contributed by atoms with Crippen molar-refractivity contribution < 1.29 is 23.5 Å². The van der Waals surface area contributed by atoms with Gasteiger partial charge in [0, 0.05) is 0 Å². The molecule has 1 saturated heterocycles. The maximum Gasteiger partial charge on any atom is 0.326 e. The second kappa shape index (κ2) is 4.91. The van der Waals surface area contributed by atoms with Gasteiger partial charge in [-0.2, -0.15) is 0 Å². The number of imide groups is 1. The van der Waals surface area contributed by atoms with E-state index in [0.29, 0.717) is 5.76 Å². The van der Waals surface area contributed by atoms with Crippen molar-refractivity contribution in [1.29, 1.82) is 0 Å². The van der Waals surface area contributed by atoms with Gasteiger partial charge in [-0.05, 0) is 39.8 Å². The first-order valence-corrected chi connectivity index (χ1v) is 6.53. The van der Waals surface area contributed by atoms with Crippen LogP contribution in [0.4, 0.5) is 4.79 Å². The molecule has 1 aliphatic heterocycles. The molecule has 1 unspecified atom stereocenters. The monoisotopic (exact) mass is 294 g/mol. The first-order chi connectivity index (χ1) is 9.63. The number of ether oxygens (including phenoxy) is 1. The highest BCUT2D eigenvalue weighted by Crippen LogP contribution is 2.29. The summed E-state index contributed by atoms with van der Waals surface area (Å²) in [5.41, 5.74) is -1.98. The highest BCUT2D eigenvalue weighted by atomic mass is 16.6. The number of amides is 3. The van der Waals surface area contributed by atoms with E-state index < -0.39 is 35.6 Å². The third kappa shape index (κ3) is 2.91. The van der Waals surface area contributed by atoms with Gasteiger partial charge in [-0.1, -0.05) is 0 Å². The fourth-order valence-electron chi connectivity index (χ4n) is 2.07. The first kappa shape index (κ1) is 15.1. The predicted molar refractivity (Wildman–Crippen MR) is 72.1 cm³/mol. The Bertz CT molecular complexity index is 573. The number of furan rings is 1. The summed E-state index contributed by atoms with van der Waals surface area (Å²) in [4.78, 5) is 37.0. The molecule has 0 radical (unpaired) electrons. The van der Waals surface area contributed by atoms with Crippen LogP contribution in [0.3, 0.4) is 0 Å². The number of urea groups is 1. The van der Waals surface area contributed by atoms with Gasteiger partial charge in [0.2, 0.25) is 0 Å². The molecule has 1 aromatic rings. The molecule has 1 N–H and O–H groups in total. The first-order valence-electron chi connectivity index (χ1n) is 6.53. The van der Waals surface area contributed by atoms with Gasteiger partial charge in [0.15, 0.2) is 5.54 Å². The second-order valence-corrected chi connectivity index (χ2v) is 6.01. The molecule has 1 aromatic heterocycles. The molecule has 2 rings (SSSR count). The van der Waals surface area contributed by atoms with Crippen LogP contribution < -0.4 is 5.32 Å². The minimum atomic E-state index is -1.30. The van der Waals surface area contributed by atoms with Crippen LogP contribution in [0.5, 0.6) is 0 Å². The van der Waals surface area contributed by atoms with Crippen molar-refractivity contribution >= 4 is 17.9 Å². The van der Waals surface area contributed by atoms with Gasteiger partial charge >= 0.3 is 12.0 Å². The number of esters is 1. The van der Waals surface area contributed by atoms with Crippen molar-refractivity contribution in [3.63, 3.8) is 0 Å². The standard InChI is InChI=1S/C14H18N2O5/c1-13(2,3)21-10(17)8-16-11(18)14(4,15-12(16)19)9-6-5-7-20-9/h5-7H,8H2,1-4H3,(H,15,19). The lowest BCUT2D eigenvalue weighted by Crippen LogP contribution is -2.42. The van der Waals surface area contributed by atoms with E-state index in [4.69, 9.17) is 9.15 Å². The molecule has 0 spiro atoms. The van der Waals surface area contributed by atoms with Crippen molar-refractivity contribution in [2.45, 2.75) is 38.8 Å². The number of nitrogens with one attached hydrogen (secondary N) is 1. The summed E-state index contributed by atoms with van der Waals surface area (Å²) in [5.74, 6) is -0.879. The average molecular weight is 294 g/mol. The molecule has 21 heavy (non-hydrogen) atoms. The van der Waals surface area contributed by atoms with Gasteiger partial charge in [-0.3, -0.25) is 14.5 Å². The number of rotatable bonds is 3.